The molecule has 0 unspecified atom stereocenters. The fourth-order valence-electron chi connectivity index (χ4n) is 0.383. The highest BCUT2D eigenvalue weighted by molar-refractivity contribution is 5.56. The molecule has 2 heteroatoms. The average Bonchev–Trinajstić information content (AvgIpc) is 1.85. The van der Waals surface area contributed by atoms with Crippen LogP contribution in [0.2, 0.25) is 0 Å². The molecule has 0 aromatic heterocycles. The largest absolute Gasteiger partial charge is 0.379 e. The molecule has 1 N–H and O–H groups in total. The van der Waals surface area contributed by atoms with Crippen LogP contribution >= 0.6 is 0 Å². The summed E-state index contributed by atoms with van der Waals surface area (Å²) in [4.78, 5) is 3.92. The van der Waals surface area contributed by atoms with Crippen molar-refractivity contribution in [2.45, 2.75) is 6.92 Å². The molecule has 9 heavy (non-hydrogen) atoms. The van der Waals surface area contributed by atoms with Crippen molar-refractivity contribution in [2.24, 2.45) is 4.99 Å². The van der Waals surface area contributed by atoms with E-state index >= 15 is 0 Å². The molecule has 0 heterocycles. The minimum absolute atomic E-state index is 0.756. The number of rotatable bonds is 3. The SMILES string of the molecule is C=C(/C=C\C)/N=C\NC. The van der Waals surface area contributed by atoms with Crippen LogP contribution in [-0.4, -0.2) is 13.4 Å². The Balaban J connectivity index is 3.63. The summed E-state index contributed by atoms with van der Waals surface area (Å²) in [6, 6.07) is 0. The van der Waals surface area contributed by atoms with Crippen LogP contribution in [0.15, 0.2) is 29.4 Å². The molecule has 0 atom stereocenters. The van der Waals surface area contributed by atoms with Gasteiger partial charge in [0.15, 0.2) is 0 Å². The predicted octanol–water partition coefficient (Wildman–Crippen LogP) is 1.32. The Labute approximate surface area is 56.0 Å². The Hall–Kier alpha value is -1.05. The first-order valence-electron chi connectivity index (χ1n) is 2.82. The van der Waals surface area contributed by atoms with Crippen LogP contribution in [0.3, 0.4) is 0 Å². The highest BCUT2D eigenvalue weighted by atomic mass is 14.9. The first kappa shape index (κ1) is 7.95. The number of hydrogen-bond acceptors (Lipinski definition) is 1. The van der Waals surface area contributed by atoms with Crippen molar-refractivity contribution in [1.82, 2.24) is 5.32 Å². The maximum Gasteiger partial charge on any atom is 0.0883 e. The lowest BCUT2D eigenvalue weighted by atomic mass is 10.4. The van der Waals surface area contributed by atoms with Crippen LogP contribution in [0.5, 0.6) is 0 Å². The zero-order chi connectivity index (χ0) is 7.11. The summed E-state index contributed by atoms with van der Waals surface area (Å²) in [5.41, 5.74) is 0.756. The molecule has 2 nitrogen and oxygen atoms in total. The second-order valence-electron chi connectivity index (χ2n) is 1.54. The van der Waals surface area contributed by atoms with E-state index in [1.807, 2.05) is 19.1 Å². The third-order valence-corrected chi connectivity index (χ3v) is 0.719. The quantitative estimate of drug-likeness (QED) is 0.342. The Bertz CT molecular complexity index is 134. The van der Waals surface area contributed by atoms with Gasteiger partial charge in [-0.3, -0.25) is 0 Å². The molecule has 50 valence electrons. The Morgan fingerprint density at radius 1 is 1.67 bits per heavy atom. The minimum Gasteiger partial charge on any atom is -0.379 e. The van der Waals surface area contributed by atoms with Crippen molar-refractivity contribution in [3.63, 3.8) is 0 Å². The molecule has 0 aliphatic carbocycles. The van der Waals surface area contributed by atoms with E-state index < -0.39 is 0 Å². The van der Waals surface area contributed by atoms with E-state index in [2.05, 4.69) is 16.9 Å². The molecule has 0 aromatic carbocycles. The third kappa shape index (κ3) is 4.81. The topological polar surface area (TPSA) is 24.4 Å². The number of allylic oxidation sites excluding steroid dienone is 2. The zero-order valence-electron chi connectivity index (χ0n) is 5.89. The van der Waals surface area contributed by atoms with Gasteiger partial charge >= 0.3 is 0 Å². The lowest BCUT2D eigenvalue weighted by molar-refractivity contribution is 1.20. The summed E-state index contributed by atoms with van der Waals surface area (Å²) < 4.78 is 0. The predicted molar refractivity (Wildman–Crippen MR) is 41.5 cm³/mol. The van der Waals surface area contributed by atoms with Gasteiger partial charge in [-0.2, -0.15) is 0 Å². The Morgan fingerprint density at radius 2 is 2.33 bits per heavy atom. The smallest absolute Gasteiger partial charge is 0.0883 e. The van der Waals surface area contributed by atoms with Crippen LogP contribution in [-0.2, 0) is 0 Å². The number of hydrogen-bond donors (Lipinski definition) is 1. The van der Waals surface area contributed by atoms with E-state index in [4.69, 9.17) is 0 Å². The molecule has 0 bridgehead atoms. The molecular weight excluding hydrogens is 112 g/mol. The minimum atomic E-state index is 0.756. The normalized spacial score (nSPS) is 10.9. The van der Waals surface area contributed by atoms with Gasteiger partial charge in [0.1, 0.15) is 0 Å². The molecule has 0 amide bonds. The van der Waals surface area contributed by atoms with Gasteiger partial charge in [0.25, 0.3) is 0 Å². The maximum absolute atomic E-state index is 3.92. The van der Waals surface area contributed by atoms with Crippen molar-refractivity contribution in [3.05, 3.63) is 24.4 Å². The van der Waals surface area contributed by atoms with Gasteiger partial charge in [-0.15, -0.1) is 0 Å². The average molecular weight is 124 g/mol. The standard InChI is InChI=1S/C7H12N2/c1-4-5-7(2)9-6-8-3/h4-6H,2H2,1,3H3,(H,8,9)/b5-4-. The lowest BCUT2D eigenvalue weighted by Crippen LogP contribution is -2.00. The van der Waals surface area contributed by atoms with Crippen LogP contribution in [0, 0.1) is 0 Å². The van der Waals surface area contributed by atoms with E-state index in [-0.39, 0.29) is 0 Å². The Morgan fingerprint density at radius 3 is 2.78 bits per heavy atom. The van der Waals surface area contributed by atoms with Crippen molar-refractivity contribution in [1.29, 1.82) is 0 Å². The van der Waals surface area contributed by atoms with Gasteiger partial charge in [0.2, 0.25) is 0 Å². The van der Waals surface area contributed by atoms with Crippen LogP contribution in [0.1, 0.15) is 6.92 Å². The molecule has 0 fully saturated rings. The summed E-state index contributed by atoms with van der Waals surface area (Å²) in [7, 11) is 1.80. The Kier molecular flexibility index (Phi) is 4.50. The summed E-state index contributed by atoms with van der Waals surface area (Å²) in [5, 5.41) is 2.77. The highest BCUT2D eigenvalue weighted by Gasteiger charge is 1.74. The molecule has 0 aliphatic rings. The van der Waals surface area contributed by atoms with Gasteiger partial charge in [0, 0.05) is 7.05 Å². The molecule has 0 rings (SSSR count). The molecule has 0 spiro atoms. The summed E-state index contributed by atoms with van der Waals surface area (Å²) in [6.07, 6.45) is 5.34. The highest BCUT2D eigenvalue weighted by Crippen LogP contribution is 1.90. The van der Waals surface area contributed by atoms with Crippen molar-refractivity contribution < 1.29 is 0 Å². The maximum atomic E-state index is 3.92. The van der Waals surface area contributed by atoms with Crippen molar-refractivity contribution >= 4 is 6.34 Å². The fraction of sp³-hybridized carbons (Fsp3) is 0.286. The van der Waals surface area contributed by atoms with Gasteiger partial charge in [-0.1, -0.05) is 12.7 Å². The third-order valence-electron chi connectivity index (χ3n) is 0.719. The number of aliphatic imine (C=N–C) groups is 1. The van der Waals surface area contributed by atoms with Gasteiger partial charge in [0.05, 0.1) is 12.0 Å². The lowest BCUT2D eigenvalue weighted by Gasteiger charge is -1.86. The fourth-order valence-corrected chi connectivity index (χ4v) is 0.383. The molecule has 0 radical (unpaired) electrons. The summed E-state index contributed by atoms with van der Waals surface area (Å²) >= 11 is 0. The second kappa shape index (κ2) is 5.09. The summed E-state index contributed by atoms with van der Waals surface area (Å²) in [6.45, 7) is 5.59. The van der Waals surface area contributed by atoms with E-state index in [0.29, 0.717) is 0 Å². The first-order valence-corrected chi connectivity index (χ1v) is 2.82. The summed E-state index contributed by atoms with van der Waals surface area (Å²) in [5.74, 6) is 0. The molecule has 0 saturated heterocycles. The molecule has 0 aromatic rings. The van der Waals surface area contributed by atoms with E-state index in [1.165, 1.54) is 0 Å². The first-order chi connectivity index (χ1) is 4.31. The molecule has 0 saturated carbocycles. The zero-order valence-corrected chi connectivity index (χ0v) is 5.89. The van der Waals surface area contributed by atoms with Gasteiger partial charge in [-0.05, 0) is 13.0 Å². The van der Waals surface area contributed by atoms with E-state index in [9.17, 15) is 0 Å². The van der Waals surface area contributed by atoms with Gasteiger partial charge in [-0.25, -0.2) is 4.99 Å². The van der Waals surface area contributed by atoms with Crippen LogP contribution < -0.4 is 5.32 Å². The monoisotopic (exact) mass is 124 g/mol. The van der Waals surface area contributed by atoms with Crippen LogP contribution in [0.25, 0.3) is 0 Å². The van der Waals surface area contributed by atoms with E-state index in [1.54, 1.807) is 13.4 Å². The van der Waals surface area contributed by atoms with E-state index in [0.717, 1.165) is 5.70 Å². The number of nitrogens with one attached hydrogen (secondary N) is 1. The molecular formula is C7H12N2. The second-order valence-corrected chi connectivity index (χ2v) is 1.54. The van der Waals surface area contributed by atoms with Gasteiger partial charge < -0.3 is 5.32 Å². The van der Waals surface area contributed by atoms with Crippen molar-refractivity contribution in [2.75, 3.05) is 7.05 Å². The van der Waals surface area contributed by atoms with Crippen LogP contribution in [0.4, 0.5) is 0 Å². The number of nitrogens with zero attached hydrogens (tertiary/aromatic N) is 1. The van der Waals surface area contributed by atoms with Crippen molar-refractivity contribution in [3.8, 4) is 0 Å². The molecule has 0 aliphatic heterocycles.